The second-order valence-electron chi connectivity index (χ2n) is 10.3. The number of hydrogen-bond acceptors (Lipinski definition) is 7. The molecule has 2 unspecified atom stereocenters. The fraction of sp³-hybridized carbons (Fsp3) is 0.500. The van der Waals surface area contributed by atoms with Gasteiger partial charge in [0.25, 0.3) is 0 Å². The fourth-order valence-corrected chi connectivity index (χ4v) is 3.74. The second kappa shape index (κ2) is 11.6. The van der Waals surface area contributed by atoms with Crippen molar-refractivity contribution in [1.29, 1.82) is 0 Å². The number of aliphatic hydroxyl groups excluding tert-OH is 2. The molecule has 0 aliphatic rings. The van der Waals surface area contributed by atoms with Crippen LogP contribution < -0.4 is 4.31 Å². The maximum Gasteiger partial charge on any atom is 0.239 e. The summed E-state index contributed by atoms with van der Waals surface area (Å²) in [5.41, 5.74) is 1.37. The number of anilines is 1. The zero-order valence-corrected chi connectivity index (χ0v) is 22.7. The second-order valence-corrected chi connectivity index (χ2v) is 12.3. The largest absolute Gasteiger partial charge is 0.393 e. The normalized spacial score (nSPS) is 14.3. The number of halogens is 1. The molecule has 0 saturated carbocycles. The Morgan fingerprint density at radius 2 is 1.72 bits per heavy atom. The smallest absolute Gasteiger partial charge is 0.239 e. The molecule has 2 N–H and O–H groups in total. The highest BCUT2D eigenvalue weighted by molar-refractivity contribution is 7.92. The van der Waals surface area contributed by atoms with Gasteiger partial charge in [-0.1, -0.05) is 46.8 Å². The molecule has 8 nitrogen and oxygen atoms in total. The molecule has 1 aromatic heterocycles. The molecule has 36 heavy (non-hydrogen) atoms. The lowest BCUT2D eigenvalue weighted by Gasteiger charge is -2.21. The molecule has 1 aromatic carbocycles. The number of aliphatic hydroxyl groups is 2. The summed E-state index contributed by atoms with van der Waals surface area (Å²) < 4.78 is 38.9. The predicted octanol–water partition coefficient (Wildman–Crippen LogP) is 3.93. The van der Waals surface area contributed by atoms with Crippen molar-refractivity contribution in [2.45, 2.75) is 65.6 Å². The molecule has 2 aromatic rings. The van der Waals surface area contributed by atoms with E-state index in [1.165, 1.54) is 37.4 Å². The highest BCUT2D eigenvalue weighted by Gasteiger charge is 2.25. The topological polar surface area (TPSA) is 121 Å². The van der Waals surface area contributed by atoms with Gasteiger partial charge in [0.1, 0.15) is 11.6 Å². The van der Waals surface area contributed by atoms with Crippen LogP contribution in [0.3, 0.4) is 0 Å². The molecule has 0 fully saturated rings. The molecular formula is C26H36FN3O5S. The zero-order chi connectivity index (χ0) is 27.4. The van der Waals surface area contributed by atoms with E-state index in [0.717, 1.165) is 10.6 Å². The lowest BCUT2D eigenvalue weighted by molar-refractivity contribution is -0.128. The van der Waals surface area contributed by atoms with Crippen LogP contribution >= 0.6 is 0 Å². The Kier molecular flexibility index (Phi) is 9.50. The van der Waals surface area contributed by atoms with Crippen LogP contribution in [0.15, 0.2) is 30.3 Å². The molecule has 0 amide bonds. The summed E-state index contributed by atoms with van der Waals surface area (Å²) in [4.78, 5) is 21.1. The maximum absolute atomic E-state index is 13.6. The number of hydrogen-bond donors (Lipinski definition) is 2. The van der Waals surface area contributed by atoms with Crippen molar-refractivity contribution in [1.82, 2.24) is 9.97 Å². The van der Waals surface area contributed by atoms with Crippen LogP contribution in [-0.4, -0.2) is 59.9 Å². The molecular weight excluding hydrogens is 485 g/mol. The molecule has 0 aliphatic carbocycles. The third-order valence-electron chi connectivity index (χ3n) is 5.66. The van der Waals surface area contributed by atoms with Crippen molar-refractivity contribution >= 4 is 27.8 Å². The Labute approximate surface area is 213 Å². The number of sulfonamides is 1. The number of ketones is 1. The van der Waals surface area contributed by atoms with E-state index in [-0.39, 0.29) is 30.5 Å². The average molecular weight is 522 g/mol. The third kappa shape index (κ3) is 7.91. The molecule has 0 saturated heterocycles. The van der Waals surface area contributed by atoms with Gasteiger partial charge in [-0.05, 0) is 30.2 Å². The summed E-state index contributed by atoms with van der Waals surface area (Å²) in [7, 11) is -2.29. The minimum atomic E-state index is -3.64. The number of carbonyl (C=O) groups is 1. The number of aromatic nitrogens is 2. The van der Waals surface area contributed by atoms with Gasteiger partial charge in [-0.2, -0.15) is 0 Å². The average Bonchev–Trinajstić information content (AvgIpc) is 2.75. The van der Waals surface area contributed by atoms with Crippen molar-refractivity contribution in [2.75, 3.05) is 17.6 Å². The number of carbonyl (C=O) groups excluding carboxylic acids is 1. The van der Waals surface area contributed by atoms with E-state index < -0.39 is 33.5 Å². The van der Waals surface area contributed by atoms with Crippen molar-refractivity contribution in [3.63, 3.8) is 0 Å². The molecule has 2 atom stereocenters. The SMILES string of the molecule is CC(C)c1nc(N(C)S(C)(=O)=O)nc(-c2ccc(F)cc2)c1/C=C/C(O)CC(O)CC(=O)C(C)(C)C. The molecule has 198 valence electrons. The van der Waals surface area contributed by atoms with Gasteiger partial charge in [-0.3, -0.25) is 4.79 Å². The van der Waals surface area contributed by atoms with Gasteiger partial charge < -0.3 is 10.2 Å². The summed E-state index contributed by atoms with van der Waals surface area (Å²) in [5, 5.41) is 20.8. The first kappa shape index (κ1) is 29.5. The van der Waals surface area contributed by atoms with Gasteiger partial charge in [0, 0.05) is 36.4 Å². The van der Waals surface area contributed by atoms with Gasteiger partial charge in [0.15, 0.2) is 0 Å². The molecule has 2 rings (SSSR count). The lowest BCUT2D eigenvalue weighted by Crippen LogP contribution is -2.27. The summed E-state index contributed by atoms with van der Waals surface area (Å²) in [6, 6.07) is 5.61. The van der Waals surface area contributed by atoms with Crippen LogP contribution in [0.25, 0.3) is 17.3 Å². The molecule has 0 aliphatic heterocycles. The zero-order valence-electron chi connectivity index (χ0n) is 21.9. The number of Topliss-reactive ketones (excluding diaryl/α,β-unsaturated/α-hetero) is 1. The predicted molar refractivity (Wildman–Crippen MR) is 140 cm³/mol. The van der Waals surface area contributed by atoms with Gasteiger partial charge in [0.2, 0.25) is 16.0 Å². The van der Waals surface area contributed by atoms with Crippen LogP contribution in [0.4, 0.5) is 10.3 Å². The van der Waals surface area contributed by atoms with Gasteiger partial charge >= 0.3 is 0 Å². The Morgan fingerprint density at radius 3 is 2.22 bits per heavy atom. The minimum absolute atomic E-state index is 0.0330. The van der Waals surface area contributed by atoms with E-state index >= 15 is 0 Å². The van der Waals surface area contributed by atoms with Crippen molar-refractivity contribution in [3.05, 3.63) is 47.4 Å². The monoisotopic (exact) mass is 521 g/mol. The van der Waals surface area contributed by atoms with Crippen molar-refractivity contribution in [2.24, 2.45) is 5.41 Å². The summed E-state index contributed by atoms with van der Waals surface area (Å²) in [5.74, 6) is -0.720. The Balaban J connectivity index is 2.51. The van der Waals surface area contributed by atoms with Crippen LogP contribution in [0.1, 0.15) is 64.6 Å². The first-order valence-electron chi connectivity index (χ1n) is 11.7. The Bertz CT molecular complexity index is 1210. The van der Waals surface area contributed by atoms with Crippen LogP contribution in [-0.2, 0) is 14.8 Å². The van der Waals surface area contributed by atoms with Gasteiger partial charge in [0.05, 0.1) is 29.9 Å². The lowest BCUT2D eigenvalue weighted by atomic mass is 9.87. The quantitative estimate of drug-likeness (QED) is 0.486. The van der Waals surface area contributed by atoms with Crippen molar-refractivity contribution < 1.29 is 27.8 Å². The maximum atomic E-state index is 13.6. The third-order valence-corrected chi connectivity index (χ3v) is 6.82. The number of rotatable bonds is 10. The highest BCUT2D eigenvalue weighted by Crippen LogP contribution is 2.32. The van der Waals surface area contributed by atoms with E-state index in [1.807, 2.05) is 13.8 Å². The Hall–Kier alpha value is -2.69. The Morgan fingerprint density at radius 1 is 1.14 bits per heavy atom. The minimum Gasteiger partial charge on any atom is -0.393 e. The fourth-order valence-electron chi connectivity index (χ4n) is 3.36. The summed E-state index contributed by atoms with van der Waals surface area (Å²) in [6.45, 7) is 9.09. The number of benzene rings is 1. The van der Waals surface area contributed by atoms with Crippen LogP contribution in [0, 0.1) is 11.2 Å². The van der Waals surface area contributed by atoms with Crippen LogP contribution in [0.2, 0.25) is 0 Å². The van der Waals surface area contributed by atoms with Gasteiger partial charge in [-0.15, -0.1) is 0 Å². The summed E-state index contributed by atoms with van der Waals surface area (Å²) >= 11 is 0. The van der Waals surface area contributed by atoms with E-state index in [4.69, 9.17) is 0 Å². The standard InChI is InChI=1S/C26H36FN3O5S/c1-16(2)23-21(13-12-19(31)14-20(32)15-22(33)26(3,4)5)24(17-8-10-18(27)11-9-17)29-25(28-23)30(6)36(7,34)35/h8-13,16,19-20,31-32H,14-15H2,1-7H3/b13-12+. The summed E-state index contributed by atoms with van der Waals surface area (Å²) in [6.07, 6.45) is 1.94. The molecule has 1 heterocycles. The first-order valence-corrected chi connectivity index (χ1v) is 13.5. The van der Waals surface area contributed by atoms with Crippen molar-refractivity contribution in [3.8, 4) is 11.3 Å². The number of nitrogens with zero attached hydrogens (tertiary/aromatic N) is 3. The first-order chi connectivity index (χ1) is 16.5. The molecule has 0 bridgehead atoms. The van der Waals surface area contributed by atoms with E-state index in [2.05, 4.69) is 9.97 Å². The van der Waals surface area contributed by atoms with E-state index in [0.29, 0.717) is 22.5 Å². The van der Waals surface area contributed by atoms with E-state index in [1.54, 1.807) is 26.8 Å². The van der Waals surface area contributed by atoms with Gasteiger partial charge in [-0.25, -0.2) is 27.1 Å². The van der Waals surface area contributed by atoms with Crippen LogP contribution in [0.5, 0.6) is 0 Å². The van der Waals surface area contributed by atoms with E-state index in [9.17, 15) is 27.8 Å². The molecule has 0 spiro atoms. The molecule has 10 heteroatoms. The molecule has 0 radical (unpaired) electrons. The highest BCUT2D eigenvalue weighted by atomic mass is 32.2.